The molecule has 0 saturated carbocycles. The maximum Gasteiger partial charge on any atom is 0.0832 e. The van der Waals surface area contributed by atoms with Crippen molar-refractivity contribution in [2.45, 2.75) is 40.5 Å². The van der Waals surface area contributed by atoms with Gasteiger partial charge in [0.25, 0.3) is 0 Å². The second-order valence-corrected chi connectivity index (χ2v) is 6.35. The molecule has 17 heavy (non-hydrogen) atoms. The number of hydrogen-bond acceptors (Lipinski definition) is 4. The van der Waals surface area contributed by atoms with E-state index >= 15 is 0 Å². The zero-order valence-corrected chi connectivity index (χ0v) is 12.8. The standard InChI is InChI=1S/C13H22N2S2/c1-5-14-9-10(12(17)11(9)16)15-8-6-7-13(2,3)4/h14-15H,5-8H2,1-4H3. The van der Waals surface area contributed by atoms with Crippen molar-refractivity contribution >= 4 is 35.8 Å². The van der Waals surface area contributed by atoms with Gasteiger partial charge in [-0.1, -0.05) is 45.2 Å². The summed E-state index contributed by atoms with van der Waals surface area (Å²) in [5.74, 6) is 0. The van der Waals surface area contributed by atoms with Gasteiger partial charge in [0.05, 0.1) is 20.4 Å². The third-order valence-corrected chi connectivity index (χ3v) is 3.61. The summed E-state index contributed by atoms with van der Waals surface area (Å²) >= 11 is 10.4. The summed E-state index contributed by atoms with van der Waals surface area (Å²) in [6.45, 7) is 10.7. The van der Waals surface area contributed by atoms with E-state index in [2.05, 4.69) is 38.3 Å². The number of anilines is 2. The molecule has 1 aromatic rings. The third-order valence-electron chi connectivity index (χ3n) is 2.67. The molecule has 0 bridgehead atoms. The monoisotopic (exact) mass is 270 g/mol. The van der Waals surface area contributed by atoms with Crippen LogP contribution >= 0.6 is 24.4 Å². The molecule has 0 amide bonds. The summed E-state index contributed by atoms with van der Waals surface area (Å²) in [6, 6.07) is 0. The fourth-order valence-corrected chi connectivity index (χ4v) is 2.29. The minimum Gasteiger partial charge on any atom is -0.382 e. The van der Waals surface area contributed by atoms with Gasteiger partial charge >= 0.3 is 0 Å². The van der Waals surface area contributed by atoms with Crippen molar-refractivity contribution in [1.82, 2.24) is 0 Å². The Morgan fingerprint density at radius 3 is 2.00 bits per heavy atom. The predicted octanol–water partition coefficient (Wildman–Crippen LogP) is 4.69. The first-order valence-electron chi connectivity index (χ1n) is 6.18. The van der Waals surface area contributed by atoms with Gasteiger partial charge in [0.1, 0.15) is 0 Å². The topological polar surface area (TPSA) is 24.1 Å². The number of rotatable bonds is 6. The molecule has 0 heterocycles. The molecule has 0 fully saturated rings. The summed E-state index contributed by atoms with van der Waals surface area (Å²) in [6.07, 6.45) is 2.36. The zero-order chi connectivity index (χ0) is 13.1. The fourth-order valence-electron chi connectivity index (χ4n) is 1.74. The highest BCUT2D eigenvalue weighted by Gasteiger charge is 2.14. The van der Waals surface area contributed by atoms with Gasteiger partial charge in [-0.3, -0.25) is 0 Å². The smallest absolute Gasteiger partial charge is 0.0832 e. The van der Waals surface area contributed by atoms with Gasteiger partial charge in [0.15, 0.2) is 0 Å². The lowest BCUT2D eigenvalue weighted by molar-refractivity contribution is 0.370. The van der Waals surface area contributed by atoms with E-state index in [4.69, 9.17) is 24.4 Å². The van der Waals surface area contributed by atoms with Crippen LogP contribution in [0.5, 0.6) is 0 Å². The zero-order valence-electron chi connectivity index (χ0n) is 11.1. The molecule has 0 unspecified atom stereocenters. The van der Waals surface area contributed by atoms with E-state index in [1.54, 1.807) is 0 Å². The van der Waals surface area contributed by atoms with E-state index in [1.165, 1.54) is 6.42 Å². The van der Waals surface area contributed by atoms with E-state index in [0.717, 1.165) is 39.9 Å². The molecule has 0 aromatic heterocycles. The van der Waals surface area contributed by atoms with Crippen molar-refractivity contribution in [1.29, 1.82) is 0 Å². The molecule has 4 heteroatoms. The first-order valence-corrected chi connectivity index (χ1v) is 6.99. The molecule has 2 nitrogen and oxygen atoms in total. The lowest BCUT2D eigenvalue weighted by Crippen LogP contribution is -2.13. The molecule has 0 aliphatic heterocycles. The third kappa shape index (κ3) is 4.03. The van der Waals surface area contributed by atoms with Gasteiger partial charge < -0.3 is 10.6 Å². The van der Waals surface area contributed by atoms with Gasteiger partial charge in [0, 0.05) is 13.1 Å². The van der Waals surface area contributed by atoms with Crippen LogP contribution in [-0.2, 0) is 0 Å². The number of nitrogens with one attached hydrogen (secondary N) is 2. The van der Waals surface area contributed by atoms with Crippen LogP contribution in [0.25, 0.3) is 0 Å². The summed E-state index contributed by atoms with van der Waals surface area (Å²) in [7, 11) is 0. The Hall–Kier alpha value is -0.480. The molecule has 0 saturated heterocycles. The van der Waals surface area contributed by atoms with Gasteiger partial charge in [-0.05, 0) is 25.2 Å². The van der Waals surface area contributed by atoms with Crippen molar-refractivity contribution in [3.63, 3.8) is 0 Å². The van der Waals surface area contributed by atoms with E-state index in [0.29, 0.717) is 5.41 Å². The van der Waals surface area contributed by atoms with E-state index < -0.39 is 0 Å². The van der Waals surface area contributed by atoms with Crippen LogP contribution in [0.15, 0.2) is 0 Å². The Morgan fingerprint density at radius 2 is 1.53 bits per heavy atom. The molecule has 0 aliphatic carbocycles. The lowest BCUT2D eigenvalue weighted by Gasteiger charge is -2.20. The SMILES string of the molecule is CCNc1c(NCCCC(C)(C)C)c(=S)c1=S. The average Bonchev–Trinajstić information content (AvgIpc) is 2.25. The van der Waals surface area contributed by atoms with Crippen molar-refractivity contribution in [3.8, 4) is 0 Å². The quantitative estimate of drug-likeness (QED) is 0.578. The lowest BCUT2D eigenvalue weighted by atomic mass is 9.90. The average molecular weight is 270 g/mol. The van der Waals surface area contributed by atoms with Gasteiger partial charge in [-0.2, -0.15) is 0 Å². The normalized spacial score (nSPS) is 11.8. The molecule has 96 valence electrons. The van der Waals surface area contributed by atoms with Crippen molar-refractivity contribution in [2.75, 3.05) is 23.7 Å². The highest BCUT2D eigenvalue weighted by Crippen LogP contribution is 2.32. The van der Waals surface area contributed by atoms with Crippen LogP contribution in [0.4, 0.5) is 11.4 Å². The van der Waals surface area contributed by atoms with Gasteiger partial charge in [-0.15, -0.1) is 0 Å². The second kappa shape index (κ2) is 5.91. The molecular weight excluding hydrogens is 248 g/mol. The molecule has 0 spiro atoms. The molecular formula is C13H22N2S2. The van der Waals surface area contributed by atoms with Crippen LogP contribution in [0, 0.1) is 14.4 Å². The molecule has 0 radical (unpaired) electrons. The van der Waals surface area contributed by atoms with Crippen LogP contribution < -0.4 is 10.6 Å². The Bertz CT molecular complexity index is 437. The first-order chi connectivity index (χ1) is 7.87. The Balaban J connectivity index is 2.45. The van der Waals surface area contributed by atoms with E-state index in [1.807, 2.05) is 0 Å². The Morgan fingerprint density at radius 1 is 1.00 bits per heavy atom. The minimum absolute atomic E-state index is 0.399. The van der Waals surface area contributed by atoms with Crippen LogP contribution in [-0.4, -0.2) is 13.1 Å². The van der Waals surface area contributed by atoms with Gasteiger partial charge in [0.2, 0.25) is 0 Å². The van der Waals surface area contributed by atoms with E-state index in [-0.39, 0.29) is 0 Å². The first kappa shape index (κ1) is 14.6. The van der Waals surface area contributed by atoms with Crippen LogP contribution in [0.2, 0.25) is 0 Å². The van der Waals surface area contributed by atoms with Crippen LogP contribution in [0.1, 0.15) is 40.5 Å². The van der Waals surface area contributed by atoms with Crippen molar-refractivity contribution < 1.29 is 0 Å². The summed E-state index contributed by atoms with van der Waals surface area (Å²) < 4.78 is 1.62. The summed E-state index contributed by atoms with van der Waals surface area (Å²) in [5, 5.41) is 6.65. The maximum atomic E-state index is 5.24. The number of hydrogen-bond donors (Lipinski definition) is 2. The van der Waals surface area contributed by atoms with Gasteiger partial charge in [-0.25, -0.2) is 0 Å². The van der Waals surface area contributed by atoms with Crippen molar-refractivity contribution in [3.05, 3.63) is 9.02 Å². The van der Waals surface area contributed by atoms with E-state index in [9.17, 15) is 0 Å². The summed E-state index contributed by atoms with van der Waals surface area (Å²) in [5.41, 5.74) is 2.47. The van der Waals surface area contributed by atoms with Crippen LogP contribution in [0.3, 0.4) is 0 Å². The predicted molar refractivity (Wildman–Crippen MR) is 81.8 cm³/mol. The molecule has 0 aliphatic rings. The summed E-state index contributed by atoms with van der Waals surface area (Å²) in [4.78, 5) is 0. The molecule has 1 aromatic carbocycles. The Labute approximate surface area is 115 Å². The minimum atomic E-state index is 0.399. The molecule has 2 N–H and O–H groups in total. The van der Waals surface area contributed by atoms with Crippen molar-refractivity contribution in [2.24, 2.45) is 5.41 Å². The fraction of sp³-hybridized carbons (Fsp3) is 0.692. The molecule has 1 rings (SSSR count). The highest BCUT2D eigenvalue weighted by atomic mass is 32.1. The largest absolute Gasteiger partial charge is 0.382 e. The molecule has 0 atom stereocenters. The highest BCUT2D eigenvalue weighted by molar-refractivity contribution is 7.74. The Kier molecular flexibility index (Phi) is 5.07. The second-order valence-electron chi connectivity index (χ2n) is 5.53. The maximum absolute atomic E-state index is 5.24.